The number of benzene rings is 8. The number of hydrogen-bond acceptors (Lipinski definition) is 4. The quantitative estimate of drug-likeness (QED) is 0.127. The maximum absolute atomic E-state index is 2.55. The van der Waals surface area contributed by atoms with E-state index in [9.17, 15) is 0 Å². The summed E-state index contributed by atoms with van der Waals surface area (Å²) in [6, 6.07) is 66.5. The Morgan fingerprint density at radius 1 is 0.385 bits per heavy atom. The summed E-state index contributed by atoms with van der Waals surface area (Å²) in [6.45, 7) is 21.5. The van der Waals surface area contributed by atoms with E-state index in [0.29, 0.717) is 0 Å². The van der Waals surface area contributed by atoms with E-state index in [4.69, 9.17) is 0 Å². The second kappa shape index (κ2) is 20.2. The Hall–Kier alpha value is -5.66. The smallest absolute Gasteiger partial charge is 0.0366 e. The van der Waals surface area contributed by atoms with Crippen LogP contribution in [0.4, 0.5) is 22.7 Å². The van der Waals surface area contributed by atoms with E-state index in [1.165, 1.54) is 87.2 Å². The molecule has 2 atom stereocenters. The molecular formula is C59H64N4P2. The molecule has 6 heteroatoms. The first-order chi connectivity index (χ1) is 32.0. The number of hydrogen-bond donors (Lipinski definition) is 0. The minimum Gasteiger partial charge on any atom is -0.372 e. The van der Waals surface area contributed by atoms with Gasteiger partial charge >= 0.3 is 0 Å². The van der Waals surface area contributed by atoms with Crippen LogP contribution in [-0.2, 0) is 0 Å². The van der Waals surface area contributed by atoms with E-state index >= 15 is 0 Å². The fourth-order valence-electron chi connectivity index (χ4n) is 10.1. The Kier molecular flexibility index (Phi) is 13.9. The Bertz CT molecular complexity index is 2640. The predicted octanol–water partition coefficient (Wildman–Crippen LogP) is 11.9. The summed E-state index contributed by atoms with van der Waals surface area (Å²) in [5.41, 5.74) is 7.85. The highest BCUT2D eigenvalue weighted by molar-refractivity contribution is 7.80. The highest BCUT2D eigenvalue weighted by Crippen LogP contribution is 2.46. The van der Waals surface area contributed by atoms with Crippen molar-refractivity contribution in [1.29, 1.82) is 0 Å². The van der Waals surface area contributed by atoms with Gasteiger partial charge in [0.15, 0.2) is 0 Å². The standard InChI is InChI=1S/C59H64N4P2/c1-7-60(8-2)46-24-32-50(33-25-46)64-52-36-28-48(29-37-52)62(11-5)42-17-43-63(12-6)49-30-38-53(39-31-49)65(51-34-26-47(27-35-51)61(9-3)10-4)57-41-23-45-19-14-16-21-55(45)59(57)58-54-20-15-13-18-44(54)22-40-56(58)64/h13-16,18-41H,7-12,17,42-43H2,1-6H3. The van der Waals surface area contributed by atoms with Crippen molar-refractivity contribution in [3.8, 4) is 11.1 Å². The molecule has 4 aliphatic rings. The summed E-state index contributed by atoms with van der Waals surface area (Å²) in [7, 11) is -2.01. The van der Waals surface area contributed by atoms with Crippen molar-refractivity contribution in [3.63, 3.8) is 0 Å². The monoisotopic (exact) mass is 890 g/mol. The Balaban J connectivity index is 1.38. The van der Waals surface area contributed by atoms with Gasteiger partial charge in [0.25, 0.3) is 0 Å². The third kappa shape index (κ3) is 8.89. The van der Waals surface area contributed by atoms with Crippen LogP contribution in [0.1, 0.15) is 48.0 Å². The molecular weight excluding hydrogens is 827 g/mol. The van der Waals surface area contributed by atoms with E-state index in [2.05, 4.69) is 231 Å². The molecule has 0 radical (unpaired) electrons. The normalized spacial score (nSPS) is 15.4. The molecule has 4 aliphatic heterocycles. The molecule has 330 valence electrons. The van der Waals surface area contributed by atoms with Crippen molar-refractivity contribution in [3.05, 3.63) is 170 Å². The highest BCUT2D eigenvalue weighted by atomic mass is 31.1. The van der Waals surface area contributed by atoms with Crippen LogP contribution >= 0.6 is 15.8 Å². The lowest BCUT2D eigenvalue weighted by atomic mass is 9.93. The minimum atomic E-state index is -1.00. The summed E-state index contributed by atoms with van der Waals surface area (Å²) >= 11 is 0. The molecule has 4 heterocycles. The fourth-order valence-corrected chi connectivity index (χ4v) is 14.9. The summed E-state index contributed by atoms with van der Waals surface area (Å²) < 4.78 is 0. The van der Waals surface area contributed by atoms with E-state index in [1.807, 2.05) is 0 Å². The topological polar surface area (TPSA) is 13.0 Å². The van der Waals surface area contributed by atoms with Crippen LogP contribution in [0.2, 0.25) is 0 Å². The van der Waals surface area contributed by atoms with Gasteiger partial charge in [-0.1, -0.05) is 121 Å². The molecule has 0 fully saturated rings. The lowest BCUT2D eigenvalue weighted by molar-refractivity contribution is 0.711. The molecule has 0 spiro atoms. The van der Waals surface area contributed by atoms with E-state index in [0.717, 1.165) is 58.8 Å². The van der Waals surface area contributed by atoms with E-state index < -0.39 is 15.8 Å². The SMILES string of the molecule is CCN(CC)c1ccc(P2c3ccc(cc3)N(CC)CCCN(CC)c3ccc(cc3)P(c3ccc(N(CC)CC)cc3)c3ccc4ccccc4c3-c3c2ccc2ccccc32)cc1. The number of nitrogens with zero attached hydrogens (tertiary/aromatic N) is 4. The molecule has 4 nitrogen and oxygen atoms in total. The number of rotatable bonds is 10. The van der Waals surface area contributed by atoms with Gasteiger partial charge in [-0.25, -0.2) is 0 Å². The van der Waals surface area contributed by atoms with Gasteiger partial charge in [-0.15, -0.1) is 0 Å². The zero-order chi connectivity index (χ0) is 44.9. The zero-order valence-electron chi connectivity index (χ0n) is 39.2. The lowest BCUT2D eigenvalue weighted by Crippen LogP contribution is -2.30. The first kappa shape index (κ1) is 44.5. The number of fused-ring (bicyclic) bond motifs is 2. The average Bonchev–Trinajstić information content (AvgIpc) is 3.36. The Morgan fingerprint density at radius 3 is 1.06 bits per heavy atom. The largest absolute Gasteiger partial charge is 0.372 e. The first-order valence-corrected chi connectivity index (χ1v) is 26.7. The van der Waals surface area contributed by atoms with Crippen LogP contribution in [0.15, 0.2) is 170 Å². The second-order valence-corrected chi connectivity index (χ2v) is 21.3. The van der Waals surface area contributed by atoms with Crippen LogP contribution in [0, 0.1) is 0 Å². The van der Waals surface area contributed by atoms with Crippen LogP contribution in [0.5, 0.6) is 0 Å². The molecule has 0 amide bonds. The second-order valence-electron chi connectivity index (χ2n) is 17.0. The zero-order valence-corrected chi connectivity index (χ0v) is 41.0. The summed E-state index contributed by atoms with van der Waals surface area (Å²) in [4.78, 5) is 10.0. The van der Waals surface area contributed by atoms with Gasteiger partial charge in [0.05, 0.1) is 0 Å². The predicted molar refractivity (Wildman–Crippen MR) is 292 cm³/mol. The maximum atomic E-state index is 2.55. The lowest BCUT2D eigenvalue weighted by Gasteiger charge is -2.29. The molecule has 4 bridgehead atoms. The van der Waals surface area contributed by atoms with Crippen LogP contribution in [0.25, 0.3) is 32.7 Å². The molecule has 2 unspecified atom stereocenters. The molecule has 0 saturated heterocycles. The van der Waals surface area contributed by atoms with Crippen molar-refractivity contribution in [2.75, 3.05) is 72.0 Å². The van der Waals surface area contributed by atoms with Crippen molar-refractivity contribution >= 4 is 92.0 Å². The third-order valence-corrected chi connectivity index (χ3v) is 18.6. The molecule has 8 aromatic carbocycles. The summed E-state index contributed by atoms with van der Waals surface area (Å²) in [5.74, 6) is 0. The highest BCUT2D eigenvalue weighted by Gasteiger charge is 2.29. The van der Waals surface area contributed by atoms with Crippen molar-refractivity contribution in [1.82, 2.24) is 0 Å². The summed E-state index contributed by atoms with van der Waals surface area (Å²) in [5, 5.41) is 13.4. The van der Waals surface area contributed by atoms with Gasteiger partial charge in [0.2, 0.25) is 0 Å². The molecule has 12 rings (SSSR count). The molecule has 0 aliphatic carbocycles. The molecule has 65 heavy (non-hydrogen) atoms. The fraction of sp³-hybridized carbons (Fsp3) is 0.254. The minimum absolute atomic E-state index is 0.972. The molecule has 0 saturated carbocycles. The van der Waals surface area contributed by atoms with Crippen molar-refractivity contribution in [2.24, 2.45) is 0 Å². The van der Waals surface area contributed by atoms with Crippen molar-refractivity contribution in [2.45, 2.75) is 48.0 Å². The van der Waals surface area contributed by atoms with Crippen LogP contribution in [-0.4, -0.2) is 52.4 Å². The van der Waals surface area contributed by atoms with Gasteiger partial charge < -0.3 is 19.6 Å². The van der Waals surface area contributed by atoms with E-state index in [-0.39, 0.29) is 0 Å². The third-order valence-electron chi connectivity index (χ3n) is 13.6. The molecule has 8 aromatic rings. The van der Waals surface area contributed by atoms with Gasteiger partial charge in [-0.2, -0.15) is 0 Å². The van der Waals surface area contributed by atoms with Gasteiger partial charge in [0.1, 0.15) is 0 Å². The van der Waals surface area contributed by atoms with Gasteiger partial charge in [0, 0.05) is 75.1 Å². The average molecular weight is 891 g/mol. The Labute approximate surface area is 391 Å². The Morgan fingerprint density at radius 2 is 0.723 bits per heavy atom. The van der Waals surface area contributed by atoms with Gasteiger partial charge in [-0.3, -0.25) is 0 Å². The van der Waals surface area contributed by atoms with Crippen molar-refractivity contribution < 1.29 is 0 Å². The van der Waals surface area contributed by atoms with Gasteiger partial charge in [-0.05, 0) is 177 Å². The van der Waals surface area contributed by atoms with Crippen LogP contribution < -0.4 is 51.4 Å². The molecule has 0 aromatic heterocycles. The van der Waals surface area contributed by atoms with E-state index in [1.54, 1.807) is 0 Å². The van der Waals surface area contributed by atoms with Crippen LogP contribution in [0.3, 0.4) is 0 Å². The number of anilines is 4. The first-order valence-electron chi connectivity index (χ1n) is 24.0. The molecule has 0 N–H and O–H groups in total. The summed E-state index contributed by atoms with van der Waals surface area (Å²) in [6.07, 6.45) is 1.09. The maximum Gasteiger partial charge on any atom is 0.0366 e.